The van der Waals surface area contributed by atoms with Gasteiger partial charge in [0.25, 0.3) is 0 Å². The van der Waals surface area contributed by atoms with Crippen LogP contribution in [0, 0.1) is 13.8 Å². The van der Waals surface area contributed by atoms with E-state index in [9.17, 15) is 15.0 Å². The Labute approximate surface area is 99.8 Å². The van der Waals surface area contributed by atoms with E-state index in [4.69, 9.17) is 10.5 Å². The number of aryl methyl sites for hydroxylation is 2. The molecule has 0 aromatic heterocycles. The second-order valence-corrected chi connectivity index (χ2v) is 3.98. The van der Waals surface area contributed by atoms with Crippen LogP contribution in [-0.4, -0.2) is 29.3 Å². The van der Waals surface area contributed by atoms with Crippen LogP contribution < -0.4 is 10.5 Å². The quantitative estimate of drug-likeness (QED) is 0.699. The summed E-state index contributed by atoms with van der Waals surface area (Å²) in [5.74, 6) is -0.238. The van der Waals surface area contributed by atoms with Crippen LogP contribution in [0.15, 0.2) is 12.1 Å². The Morgan fingerprint density at radius 2 is 1.76 bits per heavy atom. The lowest BCUT2D eigenvalue weighted by Crippen LogP contribution is -2.33. The van der Waals surface area contributed by atoms with Crippen molar-refractivity contribution in [2.24, 2.45) is 5.73 Å². The smallest absolute Gasteiger partial charge is 0.249 e. The topological polar surface area (TPSA) is 92.8 Å². The van der Waals surface area contributed by atoms with E-state index in [0.29, 0.717) is 5.56 Å². The number of nitrogens with two attached hydrogens (primary N) is 1. The molecular formula is C12H17NO4. The van der Waals surface area contributed by atoms with Gasteiger partial charge in [-0.15, -0.1) is 0 Å². The molecule has 2 unspecified atom stereocenters. The minimum atomic E-state index is -1.61. The number of carbonyl (C=O) groups excluding carboxylic acids is 1. The SMILES string of the molecule is COc1c(C)cc(C(O)C(O)C(N)=O)cc1C. The Balaban J connectivity index is 3.12. The van der Waals surface area contributed by atoms with Crippen molar-refractivity contribution >= 4 is 5.91 Å². The molecule has 2 atom stereocenters. The van der Waals surface area contributed by atoms with E-state index in [0.717, 1.165) is 16.9 Å². The number of primary amides is 1. The number of aliphatic hydroxyl groups is 2. The number of methoxy groups -OCH3 is 1. The van der Waals surface area contributed by atoms with Crippen LogP contribution in [0.2, 0.25) is 0 Å². The molecule has 0 aliphatic rings. The first kappa shape index (κ1) is 13.5. The lowest BCUT2D eigenvalue weighted by atomic mass is 9.98. The second kappa shape index (κ2) is 5.16. The molecule has 17 heavy (non-hydrogen) atoms. The summed E-state index contributed by atoms with van der Waals surface area (Å²) < 4.78 is 5.18. The number of hydrogen-bond donors (Lipinski definition) is 3. The number of carbonyl (C=O) groups is 1. The van der Waals surface area contributed by atoms with Crippen LogP contribution in [0.25, 0.3) is 0 Å². The molecule has 0 spiro atoms. The van der Waals surface area contributed by atoms with Crippen LogP contribution >= 0.6 is 0 Å². The fraction of sp³-hybridized carbons (Fsp3) is 0.417. The predicted octanol–water partition coefficient (Wildman–Crippen LogP) is 0.192. The molecule has 1 amide bonds. The lowest BCUT2D eigenvalue weighted by Gasteiger charge is -2.18. The number of aliphatic hydroxyl groups excluding tert-OH is 2. The minimum absolute atomic E-state index is 0.437. The van der Waals surface area contributed by atoms with Crippen molar-refractivity contribution in [1.82, 2.24) is 0 Å². The summed E-state index contributed by atoms with van der Waals surface area (Å²) in [6, 6.07) is 3.31. The molecular weight excluding hydrogens is 222 g/mol. The van der Waals surface area contributed by atoms with Gasteiger partial charge in [0.15, 0.2) is 6.10 Å². The maximum Gasteiger partial charge on any atom is 0.249 e. The average Bonchev–Trinajstić information content (AvgIpc) is 2.26. The van der Waals surface area contributed by atoms with Gasteiger partial charge in [0.1, 0.15) is 11.9 Å². The molecule has 4 N–H and O–H groups in total. The summed E-state index contributed by atoms with van der Waals surface area (Å²) in [4.78, 5) is 10.8. The van der Waals surface area contributed by atoms with Gasteiger partial charge in [-0.25, -0.2) is 0 Å². The zero-order valence-corrected chi connectivity index (χ0v) is 10.1. The zero-order chi connectivity index (χ0) is 13.2. The Morgan fingerprint density at radius 1 is 1.29 bits per heavy atom. The highest BCUT2D eigenvalue weighted by Crippen LogP contribution is 2.28. The summed E-state index contributed by atoms with van der Waals surface area (Å²) in [6.45, 7) is 3.64. The van der Waals surface area contributed by atoms with Gasteiger partial charge in [-0.2, -0.15) is 0 Å². The molecule has 0 saturated carbocycles. The van der Waals surface area contributed by atoms with Crippen molar-refractivity contribution in [3.63, 3.8) is 0 Å². The third kappa shape index (κ3) is 2.75. The molecule has 0 aliphatic heterocycles. The molecule has 1 aromatic rings. The highest BCUT2D eigenvalue weighted by atomic mass is 16.5. The van der Waals surface area contributed by atoms with Gasteiger partial charge in [0.2, 0.25) is 5.91 Å². The maximum atomic E-state index is 10.8. The monoisotopic (exact) mass is 239 g/mol. The molecule has 0 bridgehead atoms. The number of rotatable bonds is 4. The normalized spacial score (nSPS) is 14.2. The second-order valence-electron chi connectivity index (χ2n) is 3.98. The van der Waals surface area contributed by atoms with E-state index in [1.165, 1.54) is 0 Å². The van der Waals surface area contributed by atoms with Gasteiger partial charge in [-0.1, -0.05) is 0 Å². The molecule has 5 heteroatoms. The van der Waals surface area contributed by atoms with Gasteiger partial charge in [-0.3, -0.25) is 4.79 Å². The van der Waals surface area contributed by atoms with Gasteiger partial charge in [0.05, 0.1) is 7.11 Å². The third-order valence-electron chi connectivity index (χ3n) is 2.62. The summed E-state index contributed by atoms with van der Waals surface area (Å²) in [5, 5.41) is 19.2. The van der Waals surface area contributed by atoms with E-state index in [2.05, 4.69) is 0 Å². The highest BCUT2D eigenvalue weighted by molar-refractivity contribution is 5.79. The van der Waals surface area contributed by atoms with E-state index < -0.39 is 18.1 Å². The van der Waals surface area contributed by atoms with Crippen LogP contribution in [-0.2, 0) is 4.79 Å². The first-order valence-corrected chi connectivity index (χ1v) is 5.19. The summed E-state index contributed by atoms with van der Waals surface area (Å²) in [7, 11) is 1.56. The molecule has 5 nitrogen and oxygen atoms in total. The van der Waals surface area contributed by atoms with Gasteiger partial charge in [0, 0.05) is 0 Å². The molecule has 1 rings (SSSR count). The number of benzene rings is 1. The standard InChI is InChI=1S/C12H17NO4/c1-6-4-8(5-7(2)11(6)17-3)9(14)10(15)12(13)16/h4-5,9-10,14-15H,1-3H3,(H2,13,16). The van der Waals surface area contributed by atoms with Crippen molar-refractivity contribution in [2.45, 2.75) is 26.1 Å². The zero-order valence-electron chi connectivity index (χ0n) is 10.1. The Morgan fingerprint density at radius 3 is 2.12 bits per heavy atom. The molecule has 0 heterocycles. The number of amides is 1. The number of ether oxygens (including phenoxy) is 1. The summed E-state index contributed by atoms with van der Waals surface area (Å²) in [5.41, 5.74) is 7.01. The minimum Gasteiger partial charge on any atom is -0.496 e. The number of hydrogen-bond acceptors (Lipinski definition) is 4. The van der Waals surface area contributed by atoms with Crippen molar-refractivity contribution in [3.8, 4) is 5.75 Å². The average molecular weight is 239 g/mol. The van der Waals surface area contributed by atoms with Gasteiger partial charge < -0.3 is 20.7 Å². The van der Waals surface area contributed by atoms with Crippen molar-refractivity contribution < 1.29 is 19.7 Å². The maximum absolute atomic E-state index is 10.8. The highest BCUT2D eigenvalue weighted by Gasteiger charge is 2.24. The first-order chi connectivity index (χ1) is 7.88. The molecule has 94 valence electrons. The first-order valence-electron chi connectivity index (χ1n) is 5.19. The van der Waals surface area contributed by atoms with Crippen LogP contribution in [0.1, 0.15) is 22.8 Å². The van der Waals surface area contributed by atoms with Gasteiger partial charge >= 0.3 is 0 Å². The Hall–Kier alpha value is -1.59. The Bertz CT molecular complexity index is 408. The lowest BCUT2D eigenvalue weighted by molar-refractivity contribution is -0.131. The Kier molecular flexibility index (Phi) is 4.09. The molecule has 0 saturated heterocycles. The fourth-order valence-corrected chi connectivity index (χ4v) is 1.81. The van der Waals surface area contributed by atoms with Crippen LogP contribution in [0.5, 0.6) is 5.75 Å². The largest absolute Gasteiger partial charge is 0.496 e. The van der Waals surface area contributed by atoms with E-state index in [1.54, 1.807) is 19.2 Å². The summed E-state index contributed by atoms with van der Waals surface area (Å²) >= 11 is 0. The predicted molar refractivity (Wildman–Crippen MR) is 62.6 cm³/mol. The fourth-order valence-electron chi connectivity index (χ4n) is 1.81. The van der Waals surface area contributed by atoms with Gasteiger partial charge in [-0.05, 0) is 42.7 Å². The van der Waals surface area contributed by atoms with E-state index in [-0.39, 0.29) is 0 Å². The summed E-state index contributed by atoms with van der Waals surface area (Å²) in [6.07, 6.45) is -2.93. The van der Waals surface area contributed by atoms with Crippen LogP contribution in [0.3, 0.4) is 0 Å². The van der Waals surface area contributed by atoms with E-state index in [1.807, 2.05) is 13.8 Å². The third-order valence-corrected chi connectivity index (χ3v) is 2.62. The molecule has 0 fully saturated rings. The molecule has 0 aliphatic carbocycles. The van der Waals surface area contributed by atoms with E-state index >= 15 is 0 Å². The van der Waals surface area contributed by atoms with Crippen molar-refractivity contribution in [1.29, 1.82) is 0 Å². The van der Waals surface area contributed by atoms with Crippen molar-refractivity contribution in [3.05, 3.63) is 28.8 Å². The van der Waals surface area contributed by atoms with Crippen molar-refractivity contribution in [2.75, 3.05) is 7.11 Å². The van der Waals surface area contributed by atoms with Crippen LogP contribution in [0.4, 0.5) is 0 Å². The molecule has 1 aromatic carbocycles. The molecule has 0 radical (unpaired) electrons.